The van der Waals surface area contributed by atoms with Crippen molar-refractivity contribution in [2.24, 2.45) is 5.41 Å². The minimum absolute atomic E-state index is 0.505. The van der Waals surface area contributed by atoms with Crippen molar-refractivity contribution >= 4 is 11.5 Å². The average Bonchev–Trinajstić information content (AvgIpc) is 2.92. The second-order valence-electron chi connectivity index (χ2n) is 4.84. The molecule has 0 atom stereocenters. The SMILES string of the molecule is CCCC1(CNc2cncc3nnnn23)CC1. The van der Waals surface area contributed by atoms with Crippen LogP contribution < -0.4 is 5.32 Å². The standard InChI is InChI=1S/C11H16N6/c1-2-3-11(4-5-11)8-13-9-6-12-7-10-14-15-16-17(9)10/h6-7,13H,2-5,8H2,1H3. The minimum Gasteiger partial charge on any atom is -0.368 e. The zero-order chi connectivity index (χ0) is 11.7. The molecular weight excluding hydrogens is 216 g/mol. The molecule has 90 valence electrons. The van der Waals surface area contributed by atoms with Crippen LogP contribution in [0.2, 0.25) is 0 Å². The highest BCUT2D eigenvalue weighted by Crippen LogP contribution is 2.49. The molecule has 1 fully saturated rings. The molecule has 3 rings (SSSR count). The van der Waals surface area contributed by atoms with Crippen molar-refractivity contribution in [1.29, 1.82) is 0 Å². The van der Waals surface area contributed by atoms with Crippen LogP contribution in [0.3, 0.4) is 0 Å². The number of nitrogens with zero attached hydrogens (tertiary/aromatic N) is 5. The fourth-order valence-corrected chi connectivity index (χ4v) is 2.30. The van der Waals surface area contributed by atoms with Crippen molar-refractivity contribution in [3.63, 3.8) is 0 Å². The molecule has 0 radical (unpaired) electrons. The Balaban J connectivity index is 1.75. The second-order valence-corrected chi connectivity index (χ2v) is 4.84. The molecule has 6 heteroatoms. The van der Waals surface area contributed by atoms with E-state index in [1.165, 1.54) is 25.7 Å². The fourth-order valence-electron chi connectivity index (χ4n) is 2.30. The lowest BCUT2D eigenvalue weighted by Crippen LogP contribution is -2.17. The highest BCUT2D eigenvalue weighted by molar-refractivity contribution is 5.43. The second kappa shape index (κ2) is 3.94. The number of anilines is 1. The molecule has 17 heavy (non-hydrogen) atoms. The summed E-state index contributed by atoms with van der Waals surface area (Å²) in [6, 6.07) is 0. The van der Waals surface area contributed by atoms with Gasteiger partial charge in [0.1, 0.15) is 5.82 Å². The van der Waals surface area contributed by atoms with Gasteiger partial charge in [0, 0.05) is 6.54 Å². The lowest BCUT2D eigenvalue weighted by atomic mass is 10.0. The third-order valence-corrected chi connectivity index (χ3v) is 3.49. The van der Waals surface area contributed by atoms with Crippen molar-refractivity contribution in [1.82, 2.24) is 25.0 Å². The lowest BCUT2D eigenvalue weighted by Gasteiger charge is -2.15. The summed E-state index contributed by atoms with van der Waals surface area (Å²) < 4.78 is 1.69. The Labute approximate surface area is 99.4 Å². The Morgan fingerprint density at radius 2 is 2.29 bits per heavy atom. The van der Waals surface area contributed by atoms with E-state index in [4.69, 9.17) is 0 Å². The monoisotopic (exact) mass is 232 g/mol. The number of nitrogens with one attached hydrogen (secondary N) is 1. The summed E-state index contributed by atoms with van der Waals surface area (Å²) in [5, 5.41) is 14.9. The van der Waals surface area contributed by atoms with Gasteiger partial charge in [0.2, 0.25) is 0 Å². The molecule has 1 aliphatic rings. The van der Waals surface area contributed by atoms with E-state index in [9.17, 15) is 0 Å². The number of tetrazole rings is 1. The first-order chi connectivity index (χ1) is 8.33. The molecule has 0 aromatic carbocycles. The third kappa shape index (κ3) is 1.94. The zero-order valence-electron chi connectivity index (χ0n) is 9.93. The maximum Gasteiger partial charge on any atom is 0.199 e. The van der Waals surface area contributed by atoms with Crippen LogP contribution in [0.15, 0.2) is 12.4 Å². The molecule has 1 aliphatic carbocycles. The molecule has 2 heterocycles. The van der Waals surface area contributed by atoms with Gasteiger partial charge in [0.05, 0.1) is 12.4 Å². The summed E-state index contributed by atoms with van der Waals surface area (Å²) in [4.78, 5) is 4.13. The largest absolute Gasteiger partial charge is 0.368 e. The average molecular weight is 232 g/mol. The van der Waals surface area contributed by atoms with Crippen LogP contribution in [0, 0.1) is 5.41 Å². The molecule has 0 saturated heterocycles. The van der Waals surface area contributed by atoms with E-state index >= 15 is 0 Å². The van der Waals surface area contributed by atoms with Crippen LogP contribution in [-0.2, 0) is 0 Å². The smallest absolute Gasteiger partial charge is 0.199 e. The van der Waals surface area contributed by atoms with Gasteiger partial charge in [-0.2, -0.15) is 4.52 Å². The van der Waals surface area contributed by atoms with Crippen molar-refractivity contribution in [3.05, 3.63) is 12.4 Å². The molecule has 2 aromatic heterocycles. The summed E-state index contributed by atoms with van der Waals surface area (Å²) in [7, 11) is 0. The van der Waals surface area contributed by atoms with Crippen LogP contribution in [0.1, 0.15) is 32.6 Å². The number of fused-ring (bicyclic) bond motifs is 1. The van der Waals surface area contributed by atoms with Gasteiger partial charge in [-0.1, -0.05) is 13.3 Å². The Bertz CT molecular complexity index is 515. The first kappa shape index (κ1) is 10.4. The van der Waals surface area contributed by atoms with Crippen LogP contribution >= 0.6 is 0 Å². The Morgan fingerprint density at radius 3 is 3.06 bits per heavy atom. The summed E-state index contributed by atoms with van der Waals surface area (Å²) in [6.07, 6.45) is 8.61. The van der Waals surface area contributed by atoms with Gasteiger partial charge in [-0.3, -0.25) is 4.98 Å². The summed E-state index contributed by atoms with van der Waals surface area (Å²) in [6.45, 7) is 3.23. The molecule has 6 nitrogen and oxygen atoms in total. The van der Waals surface area contributed by atoms with E-state index < -0.39 is 0 Å². The summed E-state index contributed by atoms with van der Waals surface area (Å²) in [5.74, 6) is 0.870. The maximum atomic E-state index is 4.13. The van der Waals surface area contributed by atoms with Crippen LogP contribution in [0.4, 0.5) is 5.82 Å². The van der Waals surface area contributed by atoms with Gasteiger partial charge < -0.3 is 5.32 Å². The summed E-state index contributed by atoms with van der Waals surface area (Å²) in [5.41, 5.74) is 1.18. The predicted octanol–water partition coefficient (Wildman–Crippen LogP) is 1.51. The number of rotatable bonds is 5. The lowest BCUT2D eigenvalue weighted by molar-refractivity contribution is 0.484. The molecule has 0 spiro atoms. The van der Waals surface area contributed by atoms with Gasteiger partial charge >= 0.3 is 0 Å². The van der Waals surface area contributed by atoms with E-state index in [-0.39, 0.29) is 0 Å². The molecular formula is C11H16N6. The van der Waals surface area contributed by atoms with Crippen molar-refractivity contribution in [2.45, 2.75) is 32.6 Å². The normalized spacial score (nSPS) is 17.2. The van der Waals surface area contributed by atoms with E-state index in [0.29, 0.717) is 11.1 Å². The van der Waals surface area contributed by atoms with Gasteiger partial charge in [-0.15, -0.1) is 5.10 Å². The van der Waals surface area contributed by atoms with Gasteiger partial charge in [-0.05, 0) is 35.1 Å². The molecule has 0 aliphatic heterocycles. The number of aromatic nitrogens is 5. The van der Waals surface area contributed by atoms with E-state index in [0.717, 1.165) is 12.4 Å². The molecule has 0 unspecified atom stereocenters. The van der Waals surface area contributed by atoms with Gasteiger partial charge in [-0.25, -0.2) is 0 Å². The first-order valence-electron chi connectivity index (χ1n) is 6.09. The van der Waals surface area contributed by atoms with Crippen molar-refractivity contribution in [3.8, 4) is 0 Å². The Kier molecular flexibility index (Phi) is 2.42. The molecule has 1 N–H and O–H groups in total. The molecule has 1 saturated carbocycles. The minimum atomic E-state index is 0.505. The van der Waals surface area contributed by atoms with Crippen LogP contribution in [0.25, 0.3) is 5.65 Å². The number of hydrogen-bond acceptors (Lipinski definition) is 5. The molecule has 0 amide bonds. The first-order valence-corrected chi connectivity index (χ1v) is 6.09. The summed E-state index contributed by atoms with van der Waals surface area (Å²) >= 11 is 0. The molecule has 0 bridgehead atoms. The topological polar surface area (TPSA) is 68.0 Å². The van der Waals surface area contributed by atoms with Crippen LogP contribution in [-0.4, -0.2) is 31.6 Å². The van der Waals surface area contributed by atoms with Gasteiger partial charge in [0.25, 0.3) is 0 Å². The zero-order valence-corrected chi connectivity index (χ0v) is 9.93. The molecule has 2 aromatic rings. The predicted molar refractivity (Wildman–Crippen MR) is 63.6 cm³/mol. The van der Waals surface area contributed by atoms with Crippen molar-refractivity contribution < 1.29 is 0 Å². The fraction of sp³-hybridized carbons (Fsp3) is 0.636. The highest BCUT2D eigenvalue weighted by Gasteiger charge is 2.41. The number of hydrogen-bond donors (Lipinski definition) is 1. The maximum absolute atomic E-state index is 4.13. The van der Waals surface area contributed by atoms with E-state index in [2.05, 4.69) is 32.7 Å². The van der Waals surface area contributed by atoms with Crippen LogP contribution in [0.5, 0.6) is 0 Å². The van der Waals surface area contributed by atoms with E-state index in [1.807, 2.05) is 0 Å². The third-order valence-electron chi connectivity index (χ3n) is 3.49. The Morgan fingerprint density at radius 1 is 1.41 bits per heavy atom. The Hall–Kier alpha value is -1.72. The van der Waals surface area contributed by atoms with Gasteiger partial charge in [0.15, 0.2) is 5.65 Å². The quantitative estimate of drug-likeness (QED) is 0.846. The highest BCUT2D eigenvalue weighted by atomic mass is 15.5. The van der Waals surface area contributed by atoms with Crippen molar-refractivity contribution in [2.75, 3.05) is 11.9 Å². The van der Waals surface area contributed by atoms with E-state index in [1.54, 1.807) is 16.9 Å².